The van der Waals surface area contributed by atoms with Crippen LogP contribution in [0.25, 0.3) is 0 Å². The van der Waals surface area contributed by atoms with Gasteiger partial charge in [-0.3, -0.25) is 19.2 Å². The topological polar surface area (TPSA) is 148 Å². The van der Waals surface area contributed by atoms with Crippen molar-refractivity contribution in [3.05, 3.63) is 0 Å². The first-order valence-electron chi connectivity index (χ1n) is 13.5. The average Bonchev–Trinajstić information content (AvgIpc) is 3.21. The molecular weight excluding hydrogens is 476 g/mol. The Kier molecular flexibility index (Phi) is 12.0. The van der Waals surface area contributed by atoms with Crippen LogP contribution in [0.15, 0.2) is 0 Å². The highest BCUT2D eigenvalue weighted by molar-refractivity contribution is 6.37. The minimum Gasteiger partial charge on any atom is -0.444 e. The smallest absolute Gasteiger partial charge is 0.408 e. The third-order valence-electron chi connectivity index (χ3n) is 6.28. The Bertz CT molecular complexity index is 826. The summed E-state index contributed by atoms with van der Waals surface area (Å²) in [7, 11) is 0. The van der Waals surface area contributed by atoms with E-state index in [1.54, 1.807) is 20.8 Å². The summed E-state index contributed by atoms with van der Waals surface area (Å²) >= 11 is 0. The highest BCUT2D eigenvalue weighted by atomic mass is 16.6. The molecule has 10 nitrogen and oxygen atoms in total. The van der Waals surface area contributed by atoms with Gasteiger partial charge in [0.2, 0.25) is 17.6 Å². The van der Waals surface area contributed by atoms with Gasteiger partial charge in [0.05, 0.1) is 6.04 Å². The molecule has 0 bridgehead atoms. The van der Waals surface area contributed by atoms with E-state index in [4.69, 9.17) is 10.5 Å². The van der Waals surface area contributed by atoms with Crippen molar-refractivity contribution in [2.45, 2.75) is 124 Å². The maximum atomic E-state index is 13.5. The molecule has 0 aromatic carbocycles. The molecule has 1 heterocycles. The van der Waals surface area contributed by atoms with E-state index < -0.39 is 58.7 Å². The molecule has 1 saturated carbocycles. The van der Waals surface area contributed by atoms with Crippen molar-refractivity contribution in [1.82, 2.24) is 15.5 Å². The van der Waals surface area contributed by atoms with Crippen LogP contribution in [0, 0.1) is 11.3 Å². The molecule has 4 N–H and O–H groups in total. The molecule has 2 aliphatic rings. The third-order valence-corrected chi connectivity index (χ3v) is 6.28. The average molecular weight is 525 g/mol. The van der Waals surface area contributed by atoms with Gasteiger partial charge in [0.25, 0.3) is 5.91 Å². The first kappa shape index (κ1) is 32.4. The lowest BCUT2D eigenvalue weighted by Crippen LogP contribution is -2.59. The van der Waals surface area contributed by atoms with Gasteiger partial charge in [-0.25, -0.2) is 4.79 Å². The Hall–Kier alpha value is -2.65. The van der Waals surface area contributed by atoms with Crippen molar-refractivity contribution >= 4 is 29.6 Å². The fraction of sp³-hybridized carbons (Fsp3) is 0.815. The van der Waals surface area contributed by atoms with Crippen LogP contribution in [0.3, 0.4) is 0 Å². The van der Waals surface area contributed by atoms with Crippen LogP contribution in [0.2, 0.25) is 0 Å². The fourth-order valence-electron chi connectivity index (χ4n) is 4.28. The van der Waals surface area contributed by atoms with Gasteiger partial charge in [0.1, 0.15) is 17.7 Å². The predicted octanol–water partition coefficient (Wildman–Crippen LogP) is 3.06. The van der Waals surface area contributed by atoms with E-state index in [2.05, 4.69) is 24.5 Å². The van der Waals surface area contributed by atoms with E-state index in [-0.39, 0.29) is 5.92 Å². The van der Waals surface area contributed by atoms with Gasteiger partial charge in [-0.05, 0) is 51.4 Å². The Morgan fingerprint density at radius 1 is 0.946 bits per heavy atom. The molecule has 4 amide bonds. The van der Waals surface area contributed by atoms with Gasteiger partial charge in [-0.1, -0.05) is 60.3 Å². The van der Waals surface area contributed by atoms with Crippen LogP contribution in [0.4, 0.5) is 4.79 Å². The monoisotopic (exact) mass is 524 g/mol. The molecule has 1 aliphatic carbocycles. The quantitative estimate of drug-likeness (QED) is 0.416. The minimum atomic E-state index is -1.08. The lowest BCUT2D eigenvalue weighted by atomic mass is 9.80. The van der Waals surface area contributed by atoms with Gasteiger partial charge in [-0.2, -0.15) is 0 Å². The number of nitrogens with one attached hydrogen (secondary N) is 2. The lowest BCUT2D eigenvalue weighted by molar-refractivity contribution is -0.143. The summed E-state index contributed by atoms with van der Waals surface area (Å²) in [5.74, 6) is -2.53. The molecule has 10 heteroatoms. The lowest BCUT2D eigenvalue weighted by Gasteiger charge is -2.36. The van der Waals surface area contributed by atoms with E-state index >= 15 is 0 Å². The van der Waals surface area contributed by atoms with Crippen LogP contribution in [0.1, 0.15) is 100 Å². The number of Topliss-reactive ketones (excluding diaryl/α,β-unsaturated/α-hetero) is 1. The zero-order valence-corrected chi connectivity index (χ0v) is 23.9. The number of primary amides is 1. The number of amides is 4. The number of ketones is 1. The van der Waals surface area contributed by atoms with Crippen molar-refractivity contribution in [1.29, 1.82) is 0 Å². The largest absolute Gasteiger partial charge is 0.444 e. The Morgan fingerprint density at radius 2 is 1.51 bits per heavy atom. The number of hydrogen-bond donors (Lipinski definition) is 3. The van der Waals surface area contributed by atoms with Crippen LogP contribution >= 0.6 is 0 Å². The number of hydrogen-bond acceptors (Lipinski definition) is 6. The standard InChI is InChI=1S/C24H40N4O6.C3H8/c1-23(2,3)18(27-22(33)34-24(4,5)6)21(32)28-12-8-11-16(28)20(31)26-15(17(29)19(25)30)13-14-9-7-10-14;1-3-2/h14-16,18H,7-13H2,1-6H3,(H2,25,30)(H,26,31)(H,27,33);3H2,1-2H3/t15?,16-,18+;/m0./s1. The van der Waals surface area contributed by atoms with Crippen LogP contribution in [-0.2, 0) is 23.9 Å². The Labute approximate surface area is 221 Å². The second kappa shape index (κ2) is 13.8. The first-order valence-corrected chi connectivity index (χ1v) is 13.5. The van der Waals surface area contributed by atoms with Crippen molar-refractivity contribution in [2.24, 2.45) is 17.1 Å². The van der Waals surface area contributed by atoms with Crippen LogP contribution in [0.5, 0.6) is 0 Å². The second-order valence-electron chi connectivity index (χ2n) is 12.2. The summed E-state index contributed by atoms with van der Waals surface area (Å²) < 4.78 is 5.32. The summed E-state index contributed by atoms with van der Waals surface area (Å²) in [4.78, 5) is 64.3. The number of ether oxygens (including phenoxy) is 1. The van der Waals surface area contributed by atoms with E-state index in [1.165, 1.54) is 11.3 Å². The number of nitrogens with two attached hydrogens (primary N) is 1. The fourth-order valence-corrected chi connectivity index (χ4v) is 4.28. The van der Waals surface area contributed by atoms with Crippen molar-refractivity contribution < 1.29 is 28.7 Å². The molecule has 37 heavy (non-hydrogen) atoms. The SMILES string of the molecule is CC(C)(C)OC(=O)N[C@H](C(=O)N1CCC[C@H]1C(=O)NC(CC1CCC1)C(=O)C(N)=O)C(C)(C)C.CCC. The number of rotatable bonds is 8. The number of alkyl carbamates (subject to hydrolysis) is 1. The third kappa shape index (κ3) is 10.3. The molecule has 1 unspecified atom stereocenters. The number of nitrogens with zero attached hydrogens (tertiary/aromatic N) is 1. The highest BCUT2D eigenvalue weighted by Crippen LogP contribution is 2.31. The zero-order valence-electron chi connectivity index (χ0n) is 23.9. The minimum absolute atomic E-state index is 0.262. The second-order valence-corrected chi connectivity index (χ2v) is 12.2. The number of carbonyl (C=O) groups is 5. The van der Waals surface area contributed by atoms with E-state index in [9.17, 15) is 24.0 Å². The molecule has 3 atom stereocenters. The van der Waals surface area contributed by atoms with Crippen molar-refractivity contribution in [3.8, 4) is 0 Å². The van der Waals surface area contributed by atoms with E-state index in [0.29, 0.717) is 25.8 Å². The maximum Gasteiger partial charge on any atom is 0.408 e. The number of carbonyl (C=O) groups excluding carboxylic acids is 5. The summed E-state index contributed by atoms with van der Waals surface area (Å²) in [5.41, 5.74) is 3.82. The molecule has 212 valence electrons. The van der Waals surface area contributed by atoms with Gasteiger partial charge in [-0.15, -0.1) is 0 Å². The van der Waals surface area contributed by atoms with Crippen molar-refractivity contribution in [2.75, 3.05) is 6.54 Å². The van der Waals surface area contributed by atoms with Crippen LogP contribution in [-0.4, -0.2) is 64.8 Å². The number of likely N-dealkylation sites (tertiary alicyclic amines) is 1. The van der Waals surface area contributed by atoms with E-state index in [1.807, 2.05) is 20.8 Å². The maximum absolute atomic E-state index is 13.5. The summed E-state index contributed by atoms with van der Waals surface area (Å²) in [6, 6.07) is -2.72. The summed E-state index contributed by atoms with van der Waals surface area (Å²) in [6.45, 7) is 15.2. The van der Waals surface area contributed by atoms with Gasteiger partial charge in [0, 0.05) is 6.54 Å². The first-order chi connectivity index (χ1) is 17.0. The molecule has 2 fully saturated rings. The molecule has 0 aromatic heterocycles. The molecule has 0 spiro atoms. The molecular formula is C27H48N4O6. The summed E-state index contributed by atoms with van der Waals surface area (Å²) in [5, 5.41) is 5.34. The van der Waals surface area contributed by atoms with Gasteiger partial charge >= 0.3 is 6.09 Å². The molecule has 0 radical (unpaired) electrons. The van der Waals surface area contributed by atoms with Gasteiger partial charge < -0.3 is 26.0 Å². The van der Waals surface area contributed by atoms with Crippen LogP contribution < -0.4 is 16.4 Å². The van der Waals surface area contributed by atoms with Crippen molar-refractivity contribution in [3.63, 3.8) is 0 Å². The molecule has 1 saturated heterocycles. The molecule has 2 rings (SSSR count). The Morgan fingerprint density at radius 3 is 1.95 bits per heavy atom. The molecule has 1 aliphatic heterocycles. The Balaban J connectivity index is 0.00000217. The molecule has 0 aromatic rings. The van der Waals surface area contributed by atoms with E-state index in [0.717, 1.165) is 19.3 Å². The van der Waals surface area contributed by atoms with Gasteiger partial charge in [0.15, 0.2) is 0 Å². The predicted molar refractivity (Wildman–Crippen MR) is 141 cm³/mol. The highest BCUT2D eigenvalue weighted by Gasteiger charge is 2.43. The normalized spacial score (nSPS) is 19.5. The zero-order chi connectivity index (χ0) is 28.6. The summed E-state index contributed by atoms with van der Waals surface area (Å²) in [6.07, 6.45) is 4.85.